The Morgan fingerprint density at radius 2 is 2.25 bits per heavy atom. The van der Waals surface area contributed by atoms with Crippen LogP contribution in [0.1, 0.15) is 33.1 Å². The lowest BCUT2D eigenvalue weighted by molar-refractivity contribution is -0.117. The Morgan fingerprint density at radius 1 is 1.50 bits per heavy atom. The summed E-state index contributed by atoms with van der Waals surface area (Å²) in [5.41, 5.74) is 1.75. The van der Waals surface area contributed by atoms with Gasteiger partial charge >= 0.3 is 0 Å². The summed E-state index contributed by atoms with van der Waals surface area (Å²) >= 11 is 0. The molecule has 2 fully saturated rings. The molecule has 1 nitrogen and oxygen atoms in total. The summed E-state index contributed by atoms with van der Waals surface area (Å²) in [6.45, 7) is 4.27. The van der Waals surface area contributed by atoms with Gasteiger partial charge in [-0.3, -0.25) is 4.79 Å². The van der Waals surface area contributed by atoms with Crippen LogP contribution in [0.3, 0.4) is 0 Å². The standard InChI is InChI=1S/C11H14O/c1-7-6-11-5-3-4-10(11,2)9(11)8(7)12/h6,9H,3-5H2,1-2H3/t9-,10-,11-/m1/s1. The fourth-order valence-corrected chi connectivity index (χ4v) is 3.87. The van der Waals surface area contributed by atoms with E-state index >= 15 is 0 Å². The molecule has 3 aliphatic rings. The Hall–Kier alpha value is -0.590. The molecule has 64 valence electrons. The highest BCUT2D eigenvalue weighted by molar-refractivity contribution is 6.04. The van der Waals surface area contributed by atoms with Crippen molar-refractivity contribution in [2.24, 2.45) is 16.7 Å². The molecule has 0 aromatic rings. The van der Waals surface area contributed by atoms with Gasteiger partial charge in [-0.2, -0.15) is 0 Å². The first-order chi connectivity index (χ1) is 5.62. The lowest BCUT2D eigenvalue weighted by atomic mass is 9.94. The summed E-state index contributed by atoms with van der Waals surface area (Å²) in [5, 5.41) is 0. The molecule has 0 unspecified atom stereocenters. The number of rotatable bonds is 0. The number of Topliss-reactive ketones (excluding diaryl/α,β-unsaturated/α-hetero) is 1. The molecule has 1 heteroatoms. The van der Waals surface area contributed by atoms with Crippen molar-refractivity contribution in [3.63, 3.8) is 0 Å². The van der Waals surface area contributed by atoms with Crippen LogP contribution in [0, 0.1) is 16.7 Å². The second-order valence-corrected chi connectivity index (χ2v) is 4.94. The first-order valence-electron chi connectivity index (χ1n) is 4.85. The van der Waals surface area contributed by atoms with E-state index in [1.807, 2.05) is 6.92 Å². The largest absolute Gasteiger partial charge is 0.294 e. The number of allylic oxidation sites excluding steroid dienone is 2. The highest BCUT2D eigenvalue weighted by Gasteiger charge is 2.78. The molecule has 0 N–H and O–H groups in total. The van der Waals surface area contributed by atoms with Gasteiger partial charge in [0.25, 0.3) is 0 Å². The van der Waals surface area contributed by atoms with Crippen molar-refractivity contribution < 1.29 is 4.79 Å². The normalized spacial score (nSPS) is 55.0. The molecule has 0 amide bonds. The number of carbonyl (C=O) groups is 1. The molecule has 0 saturated heterocycles. The smallest absolute Gasteiger partial charge is 0.162 e. The first kappa shape index (κ1) is 6.88. The van der Waals surface area contributed by atoms with E-state index in [-0.39, 0.29) is 0 Å². The van der Waals surface area contributed by atoms with Crippen molar-refractivity contribution in [3.8, 4) is 0 Å². The molecule has 3 atom stereocenters. The SMILES string of the molecule is CC1=C[C@@]23CCC[C@]2(C)[C@H]3C1=O. The third-order valence-electron chi connectivity index (χ3n) is 4.54. The number of hydrogen-bond donors (Lipinski definition) is 0. The Labute approximate surface area is 72.8 Å². The third kappa shape index (κ3) is 0.429. The van der Waals surface area contributed by atoms with Gasteiger partial charge in [-0.1, -0.05) is 19.4 Å². The molecule has 0 bridgehead atoms. The molecular weight excluding hydrogens is 148 g/mol. The average Bonchev–Trinajstić information content (AvgIpc) is 2.29. The molecule has 3 aliphatic carbocycles. The van der Waals surface area contributed by atoms with Crippen molar-refractivity contribution >= 4 is 5.78 Å². The average molecular weight is 162 g/mol. The maximum atomic E-state index is 11.7. The van der Waals surface area contributed by atoms with Gasteiger partial charge in [-0.25, -0.2) is 0 Å². The number of hydrogen-bond acceptors (Lipinski definition) is 1. The Kier molecular flexibility index (Phi) is 0.886. The zero-order chi connectivity index (χ0) is 8.56. The maximum absolute atomic E-state index is 11.7. The summed E-state index contributed by atoms with van der Waals surface area (Å²) in [7, 11) is 0. The highest BCUT2D eigenvalue weighted by atomic mass is 16.1. The minimum absolute atomic E-state index is 0.341. The van der Waals surface area contributed by atoms with Crippen molar-refractivity contribution in [1.29, 1.82) is 0 Å². The Balaban J connectivity index is 2.13. The van der Waals surface area contributed by atoms with Crippen LogP contribution in [0.25, 0.3) is 0 Å². The van der Waals surface area contributed by atoms with Gasteiger partial charge in [-0.15, -0.1) is 0 Å². The van der Waals surface area contributed by atoms with Crippen molar-refractivity contribution in [1.82, 2.24) is 0 Å². The van der Waals surface area contributed by atoms with Crippen LogP contribution in [-0.4, -0.2) is 5.78 Å². The van der Waals surface area contributed by atoms with E-state index < -0.39 is 0 Å². The molecule has 0 aromatic carbocycles. The predicted octanol–water partition coefficient (Wildman–Crippen LogP) is 2.32. The van der Waals surface area contributed by atoms with E-state index in [1.54, 1.807) is 0 Å². The molecule has 0 heterocycles. The number of ketones is 1. The van der Waals surface area contributed by atoms with Crippen LogP contribution in [0.5, 0.6) is 0 Å². The van der Waals surface area contributed by atoms with Gasteiger partial charge in [0.1, 0.15) is 0 Å². The lowest BCUT2D eigenvalue weighted by Gasteiger charge is -2.09. The predicted molar refractivity (Wildman–Crippen MR) is 46.6 cm³/mol. The monoisotopic (exact) mass is 162 g/mol. The van der Waals surface area contributed by atoms with Gasteiger partial charge in [0.2, 0.25) is 0 Å². The van der Waals surface area contributed by atoms with Crippen molar-refractivity contribution in [2.75, 3.05) is 0 Å². The van der Waals surface area contributed by atoms with Gasteiger partial charge in [0.05, 0.1) is 0 Å². The summed E-state index contributed by atoms with van der Waals surface area (Å²) in [6, 6.07) is 0. The van der Waals surface area contributed by atoms with Crippen molar-refractivity contribution in [3.05, 3.63) is 11.6 Å². The molecule has 0 radical (unpaired) electrons. The van der Waals surface area contributed by atoms with Crippen LogP contribution in [0.15, 0.2) is 11.6 Å². The van der Waals surface area contributed by atoms with E-state index in [0.29, 0.717) is 22.5 Å². The Bertz CT molecular complexity index is 315. The van der Waals surface area contributed by atoms with Crippen LogP contribution in [0.2, 0.25) is 0 Å². The van der Waals surface area contributed by atoms with Gasteiger partial charge in [-0.05, 0) is 30.8 Å². The minimum atomic E-state index is 0.341. The zero-order valence-electron chi connectivity index (χ0n) is 7.68. The van der Waals surface area contributed by atoms with Crippen LogP contribution in [0.4, 0.5) is 0 Å². The minimum Gasteiger partial charge on any atom is -0.294 e. The van der Waals surface area contributed by atoms with E-state index in [4.69, 9.17) is 0 Å². The first-order valence-corrected chi connectivity index (χ1v) is 4.85. The van der Waals surface area contributed by atoms with Gasteiger partial charge in [0.15, 0.2) is 5.78 Å². The fraction of sp³-hybridized carbons (Fsp3) is 0.727. The lowest BCUT2D eigenvalue weighted by Crippen LogP contribution is -2.08. The topological polar surface area (TPSA) is 17.1 Å². The molecular formula is C11H14O. The van der Waals surface area contributed by atoms with Crippen LogP contribution >= 0.6 is 0 Å². The quantitative estimate of drug-likeness (QED) is 0.534. The molecule has 1 spiro atoms. The van der Waals surface area contributed by atoms with Gasteiger partial charge in [0, 0.05) is 11.3 Å². The van der Waals surface area contributed by atoms with Crippen molar-refractivity contribution in [2.45, 2.75) is 33.1 Å². The summed E-state index contributed by atoms with van der Waals surface area (Å²) in [6.07, 6.45) is 6.13. The molecule has 2 saturated carbocycles. The molecule has 0 aromatic heterocycles. The number of carbonyl (C=O) groups excluding carboxylic acids is 1. The van der Waals surface area contributed by atoms with E-state index in [2.05, 4.69) is 13.0 Å². The highest BCUT2D eigenvalue weighted by Crippen LogP contribution is 2.81. The summed E-state index contributed by atoms with van der Waals surface area (Å²) in [4.78, 5) is 11.7. The fourth-order valence-electron chi connectivity index (χ4n) is 3.87. The molecule has 3 rings (SSSR count). The maximum Gasteiger partial charge on any atom is 0.162 e. The molecule has 12 heavy (non-hydrogen) atoms. The van der Waals surface area contributed by atoms with E-state index in [1.165, 1.54) is 19.3 Å². The van der Waals surface area contributed by atoms with Crippen LogP contribution < -0.4 is 0 Å². The summed E-state index contributed by atoms with van der Waals surface area (Å²) < 4.78 is 0. The van der Waals surface area contributed by atoms with E-state index in [0.717, 1.165) is 5.57 Å². The second-order valence-electron chi connectivity index (χ2n) is 4.94. The van der Waals surface area contributed by atoms with Crippen LogP contribution in [-0.2, 0) is 4.79 Å². The van der Waals surface area contributed by atoms with E-state index in [9.17, 15) is 4.79 Å². The molecule has 0 aliphatic heterocycles. The Morgan fingerprint density at radius 3 is 2.92 bits per heavy atom. The number of fused-ring (bicyclic) bond motifs is 1. The zero-order valence-corrected chi connectivity index (χ0v) is 7.68. The summed E-state index contributed by atoms with van der Waals surface area (Å²) in [5.74, 6) is 0.830. The third-order valence-corrected chi connectivity index (χ3v) is 4.54. The second kappa shape index (κ2) is 1.55. The van der Waals surface area contributed by atoms with Gasteiger partial charge < -0.3 is 0 Å².